The molecule has 0 saturated carbocycles. The Morgan fingerprint density at radius 1 is 0.932 bits per heavy atom. The van der Waals surface area contributed by atoms with Crippen LogP contribution >= 0.6 is 18.8 Å². The van der Waals surface area contributed by atoms with Crippen LogP contribution in [0.2, 0.25) is 0 Å². The minimum absolute atomic E-state index is 0.494. The number of hydrogen-bond acceptors (Lipinski definition) is 10. The molecule has 4 heterocycles. The molecule has 0 radical (unpaired) electrons. The van der Waals surface area contributed by atoms with Crippen LogP contribution in [0.4, 0.5) is 28.8 Å². The van der Waals surface area contributed by atoms with Crippen LogP contribution in [0.3, 0.4) is 0 Å². The summed E-state index contributed by atoms with van der Waals surface area (Å²) in [7, 11) is 1.34. The minimum atomic E-state index is -2.59. The fraction of sp³-hybridized carbons (Fsp3) is 0.455. The number of nitrogens with one attached hydrogen (secondary N) is 2. The molecular weight excluding hydrogens is 589 g/mol. The zero-order valence-corrected chi connectivity index (χ0v) is 28.2. The second kappa shape index (κ2) is 13.5. The maximum absolute atomic E-state index is 11.5. The van der Waals surface area contributed by atoms with Crippen molar-refractivity contribution < 1.29 is 9.63 Å². The van der Waals surface area contributed by atoms with Gasteiger partial charge < -0.3 is 4.90 Å². The molecule has 0 aliphatic carbocycles. The fourth-order valence-corrected chi connectivity index (χ4v) is 9.63. The first-order valence-electron chi connectivity index (χ1n) is 15.9. The predicted molar refractivity (Wildman–Crippen MR) is 189 cm³/mol. The Morgan fingerprint density at radius 2 is 1.68 bits per heavy atom. The van der Waals surface area contributed by atoms with E-state index in [1.807, 2.05) is 29.6 Å². The normalized spacial score (nSPS) is 17.6. The molecule has 3 N–H and O–H groups in total. The monoisotopic (exact) mass is 635 g/mol. The van der Waals surface area contributed by atoms with Crippen molar-refractivity contribution in [1.82, 2.24) is 19.8 Å². The summed E-state index contributed by atoms with van der Waals surface area (Å²) < 4.78 is 6.83. The third kappa shape index (κ3) is 6.51. The van der Waals surface area contributed by atoms with E-state index in [4.69, 9.17) is 14.7 Å². The second-order valence-corrected chi connectivity index (χ2v) is 16.9. The van der Waals surface area contributed by atoms with E-state index in [0.717, 1.165) is 63.9 Å². The first-order valence-corrected chi connectivity index (χ1v) is 19.1. The summed E-state index contributed by atoms with van der Waals surface area (Å²) in [5, 5.41) is 10.0. The predicted octanol–water partition coefficient (Wildman–Crippen LogP) is 5.73. The number of anilines is 5. The van der Waals surface area contributed by atoms with E-state index in [2.05, 4.69) is 70.5 Å². The van der Waals surface area contributed by atoms with Gasteiger partial charge in [0.2, 0.25) is 0 Å². The van der Waals surface area contributed by atoms with Crippen LogP contribution in [-0.4, -0.2) is 96.5 Å². The number of fused-ring (bicyclic) bond motifs is 1. The van der Waals surface area contributed by atoms with Gasteiger partial charge in [0.25, 0.3) is 0 Å². The summed E-state index contributed by atoms with van der Waals surface area (Å²) in [5.41, 5.74) is 3.77. The van der Waals surface area contributed by atoms with Gasteiger partial charge in [-0.05, 0) is 19.9 Å². The number of piperazine rings is 1. The van der Waals surface area contributed by atoms with Crippen molar-refractivity contribution >= 4 is 63.2 Å². The number of para-hydroxylation sites is 1. The molecule has 0 spiro atoms. The number of nitrogens with zero attached hydrogens (tertiary/aromatic N) is 5. The molecule has 44 heavy (non-hydrogen) atoms. The van der Waals surface area contributed by atoms with E-state index >= 15 is 0 Å². The number of thiophene rings is 1. The molecule has 11 heteroatoms. The van der Waals surface area contributed by atoms with E-state index in [1.165, 1.54) is 44.7 Å². The zero-order chi connectivity index (χ0) is 30.7. The summed E-state index contributed by atoms with van der Waals surface area (Å²) in [6, 6.07) is 17.1. The van der Waals surface area contributed by atoms with Crippen LogP contribution < -0.4 is 25.6 Å². The van der Waals surface area contributed by atoms with Crippen molar-refractivity contribution in [3.8, 4) is 5.75 Å². The number of benzene rings is 2. The first-order chi connectivity index (χ1) is 21.4. The second-order valence-electron chi connectivity index (χ2n) is 12.0. The Hall–Kier alpha value is -3.01. The van der Waals surface area contributed by atoms with E-state index in [0.29, 0.717) is 12.0 Å². The molecule has 2 fully saturated rings. The fourth-order valence-electron chi connectivity index (χ4n) is 6.54. The van der Waals surface area contributed by atoms with Crippen LogP contribution in [0.25, 0.3) is 10.2 Å². The van der Waals surface area contributed by atoms with Crippen molar-refractivity contribution in [1.29, 1.82) is 0 Å². The summed E-state index contributed by atoms with van der Waals surface area (Å²) in [4.78, 5) is 28.8. The van der Waals surface area contributed by atoms with Crippen molar-refractivity contribution in [2.45, 2.75) is 32.7 Å². The Labute approximate surface area is 265 Å². The molecule has 2 aromatic heterocycles. The van der Waals surface area contributed by atoms with Crippen LogP contribution in [-0.2, 0) is 0 Å². The van der Waals surface area contributed by atoms with Gasteiger partial charge in [0.05, 0.1) is 0 Å². The molecule has 6 rings (SSSR count). The van der Waals surface area contributed by atoms with Gasteiger partial charge in [0.15, 0.2) is 0 Å². The Balaban J connectivity index is 1.20. The molecule has 2 saturated heterocycles. The quantitative estimate of drug-likeness (QED) is 0.189. The number of hydrogen-bond donors (Lipinski definition) is 3. The average Bonchev–Trinajstić information content (AvgIpc) is 3.54. The number of likely N-dealkylation sites (N-methyl/N-ethyl adjacent to an activating group) is 1. The molecule has 0 atom stereocenters. The van der Waals surface area contributed by atoms with Gasteiger partial charge in [-0.2, -0.15) is 0 Å². The maximum atomic E-state index is 11.5. The molecule has 9 nitrogen and oxygen atoms in total. The van der Waals surface area contributed by atoms with Crippen molar-refractivity contribution in [2.24, 2.45) is 0 Å². The molecule has 2 aliphatic rings. The number of piperidine rings is 1. The summed E-state index contributed by atoms with van der Waals surface area (Å²) >= 11 is 1.61. The average molecular weight is 636 g/mol. The van der Waals surface area contributed by atoms with E-state index in [9.17, 15) is 4.89 Å². The van der Waals surface area contributed by atoms with Gasteiger partial charge >= 0.3 is 191 Å². The SMILES string of the molecule is CC[PH](O)(CC)c1ccccc1Nc1nc(Nc2ccc(N3CCC(N4CCN(C)CC4)CC3)cc2OC)nc2ccsc12. The van der Waals surface area contributed by atoms with Crippen LogP contribution in [0, 0.1) is 0 Å². The van der Waals surface area contributed by atoms with Crippen molar-refractivity contribution in [2.75, 3.05) is 81.3 Å². The molecule has 0 bridgehead atoms. The van der Waals surface area contributed by atoms with Gasteiger partial charge in [-0.15, -0.1) is 0 Å². The molecule has 0 amide bonds. The summed E-state index contributed by atoms with van der Waals surface area (Å²) in [6.45, 7) is 11.0. The zero-order valence-electron chi connectivity index (χ0n) is 26.3. The third-order valence-corrected chi connectivity index (χ3v) is 14.2. The van der Waals surface area contributed by atoms with Gasteiger partial charge in [0.1, 0.15) is 0 Å². The van der Waals surface area contributed by atoms with Gasteiger partial charge in [0, 0.05) is 45.3 Å². The van der Waals surface area contributed by atoms with Crippen LogP contribution in [0.1, 0.15) is 26.7 Å². The topological polar surface area (TPSA) is 89.0 Å². The van der Waals surface area contributed by atoms with E-state index in [1.54, 1.807) is 18.4 Å². The van der Waals surface area contributed by atoms with Gasteiger partial charge in [-0.25, -0.2) is 0 Å². The van der Waals surface area contributed by atoms with Gasteiger partial charge in [-0.1, -0.05) is 0 Å². The van der Waals surface area contributed by atoms with Crippen molar-refractivity contribution in [3.63, 3.8) is 0 Å². The van der Waals surface area contributed by atoms with E-state index in [-0.39, 0.29) is 0 Å². The molecule has 236 valence electrons. The Morgan fingerprint density at radius 3 is 2.41 bits per heavy atom. The first kappa shape index (κ1) is 31.0. The van der Waals surface area contributed by atoms with Crippen LogP contribution in [0.15, 0.2) is 53.9 Å². The standard InChI is InChI=1S/C33H46N7O2PS/c1-5-43(41,6-2)30-10-8-7-9-27(30)34-32-31-28(15-22-44-31)36-33(37-32)35-26-12-11-25(23-29(26)42-4)39-16-13-24(14-17-39)40-20-18-38(3)19-21-40/h7-12,15,22-24,41,43H,5-6,13-14,16-21H2,1-4H3,(H2,34,35,36,37). The number of methoxy groups -OCH3 is 1. The van der Waals surface area contributed by atoms with Crippen LogP contribution in [0.5, 0.6) is 5.75 Å². The third-order valence-electron chi connectivity index (χ3n) is 9.47. The summed E-state index contributed by atoms with van der Waals surface area (Å²) in [5.74, 6) is 1.98. The van der Waals surface area contributed by atoms with E-state index < -0.39 is 7.49 Å². The molecule has 0 unspecified atom stereocenters. The van der Waals surface area contributed by atoms with Crippen molar-refractivity contribution in [3.05, 3.63) is 53.9 Å². The molecule has 4 aromatic rings. The number of aromatic nitrogens is 2. The molecular formula is C33H46N7O2PS. The molecule has 2 aliphatic heterocycles. The number of rotatable bonds is 10. The Bertz CT molecular complexity index is 1560. The Kier molecular flexibility index (Phi) is 9.54. The summed E-state index contributed by atoms with van der Waals surface area (Å²) in [6.07, 6.45) is 3.90. The molecule has 2 aromatic carbocycles. The number of ether oxygens (including phenoxy) is 1. The van der Waals surface area contributed by atoms with Gasteiger partial charge in [-0.3, -0.25) is 4.90 Å².